The second-order valence-electron chi connectivity index (χ2n) is 5.69. The predicted octanol–water partition coefficient (Wildman–Crippen LogP) is 1.32. The molecule has 0 spiro atoms. The van der Waals surface area contributed by atoms with Crippen LogP contribution in [0.2, 0.25) is 0 Å². The zero-order valence-corrected chi connectivity index (χ0v) is 13.6. The minimum absolute atomic E-state index is 0.0745. The fourth-order valence-corrected chi connectivity index (χ4v) is 2.66. The van der Waals surface area contributed by atoms with Crippen LogP contribution in [0.5, 0.6) is 5.88 Å². The monoisotopic (exact) mass is 307 g/mol. The van der Waals surface area contributed by atoms with Gasteiger partial charge in [0.1, 0.15) is 5.56 Å². The number of nitrogens with one attached hydrogen (secondary N) is 1. The highest BCUT2D eigenvalue weighted by atomic mass is 16.5. The second kappa shape index (κ2) is 7.56. The maximum absolute atomic E-state index is 12.4. The number of morpholine rings is 1. The lowest BCUT2D eigenvalue weighted by atomic mass is 9.95. The smallest absolute Gasteiger partial charge is 0.256 e. The molecule has 1 unspecified atom stereocenters. The molecular formula is C16H25N3O3. The lowest BCUT2D eigenvalue weighted by Gasteiger charge is -2.43. The number of amides is 1. The molecule has 1 amide bonds. The zero-order chi connectivity index (χ0) is 16.0. The van der Waals surface area contributed by atoms with Crippen LogP contribution >= 0.6 is 0 Å². The minimum Gasteiger partial charge on any atom is -0.480 e. The average molecular weight is 307 g/mol. The molecule has 0 radical (unpaired) electrons. The third-order valence-corrected chi connectivity index (χ3v) is 4.38. The molecule has 6 nitrogen and oxygen atoms in total. The highest BCUT2D eigenvalue weighted by Gasteiger charge is 2.32. The molecule has 22 heavy (non-hydrogen) atoms. The summed E-state index contributed by atoms with van der Waals surface area (Å²) >= 11 is 0. The molecule has 0 aromatic carbocycles. The molecule has 1 atom stereocenters. The summed E-state index contributed by atoms with van der Waals surface area (Å²) in [5.41, 5.74) is 0.389. The molecule has 0 bridgehead atoms. The standard InChI is InChI=1S/C16H25N3O3/c1-4-16(2,19-8-10-22-11-9-19)12-18-14(20)13-6-5-7-17-15(13)21-3/h5-7H,4,8-12H2,1-3H3,(H,18,20). The van der Waals surface area contributed by atoms with E-state index in [2.05, 4.69) is 29.0 Å². The van der Waals surface area contributed by atoms with Gasteiger partial charge in [-0.05, 0) is 25.5 Å². The van der Waals surface area contributed by atoms with Crippen LogP contribution in [-0.4, -0.2) is 61.3 Å². The number of methoxy groups -OCH3 is 1. The van der Waals surface area contributed by atoms with Gasteiger partial charge in [0.25, 0.3) is 5.91 Å². The molecule has 0 aliphatic carbocycles. The molecule has 1 aromatic heterocycles. The van der Waals surface area contributed by atoms with Gasteiger partial charge in [-0.1, -0.05) is 6.92 Å². The summed E-state index contributed by atoms with van der Waals surface area (Å²) < 4.78 is 10.6. The number of pyridine rings is 1. The number of hydrogen-bond donors (Lipinski definition) is 1. The predicted molar refractivity (Wildman–Crippen MR) is 84.2 cm³/mol. The highest BCUT2D eigenvalue weighted by molar-refractivity contribution is 5.96. The Morgan fingerprint density at radius 1 is 1.50 bits per heavy atom. The summed E-state index contributed by atoms with van der Waals surface area (Å²) in [5.74, 6) is 0.197. The van der Waals surface area contributed by atoms with E-state index in [-0.39, 0.29) is 11.4 Å². The van der Waals surface area contributed by atoms with Gasteiger partial charge < -0.3 is 14.8 Å². The van der Waals surface area contributed by atoms with Crippen LogP contribution in [0, 0.1) is 0 Å². The highest BCUT2D eigenvalue weighted by Crippen LogP contribution is 2.20. The first-order chi connectivity index (χ1) is 10.6. The van der Waals surface area contributed by atoms with E-state index < -0.39 is 0 Å². The number of ether oxygens (including phenoxy) is 2. The Morgan fingerprint density at radius 3 is 2.86 bits per heavy atom. The first kappa shape index (κ1) is 16.7. The van der Waals surface area contributed by atoms with Crippen molar-refractivity contribution in [2.24, 2.45) is 0 Å². The van der Waals surface area contributed by atoms with Crippen LogP contribution in [0.25, 0.3) is 0 Å². The summed E-state index contributed by atoms with van der Waals surface area (Å²) in [4.78, 5) is 18.8. The van der Waals surface area contributed by atoms with Crippen molar-refractivity contribution in [1.29, 1.82) is 0 Å². The van der Waals surface area contributed by atoms with E-state index in [9.17, 15) is 4.79 Å². The molecule has 2 heterocycles. The van der Waals surface area contributed by atoms with Crippen LogP contribution in [0.15, 0.2) is 18.3 Å². The summed E-state index contributed by atoms with van der Waals surface area (Å²) in [7, 11) is 1.52. The Balaban J connectivity index is 2.01. The normalized spacial score (nSPS) is 18.5. The maximum atomic E-state index is 12.4. The first-order valence-corrected chi connectivity index (χ1v) is 7.70. The Labute approximate surface area is 131 Å². The quantitative estimate of drug-likeness (QED) is 0.859. The van der Waals surface area contributed by atoms with Crippen molar-refractivity contribution < 1.29 is 14.3 Å². The van der Waals surface area contributed by atoms with Gasteiger partial charge in [0.15, 0.2) is 0 Å². The van der Waals surface area contributed by atoms with Gasteiger partial charge in [-0.15, -0.1) is 0 Å². The molecule has 1 N–H and O–H groups in total. The van der Waals surface area contributed by atoms with E-state index in [1.807, 2.05) is 0 Å². The topological polar surface area (TPSA) is 63.7 Å². The van der Waals surface area contributed by atoms with Gasteiger partial charge in [0.05, 0.1) is 20.3 Å². The van der Waals surface area contributed by atoms with Gasteiger partial charge in [-0.2, -0.15) is 0 Å². The van der Waals surface area contributed by atoms with Crippen LogP contribution in [0.4, 0.5) is 0 Å². The molecule has 1 aliphatic rings. The molecule has 1 aromatic rings. The molecule has 6 heteroatoms. The van der Waals surface area contributed by atoms with Gasteiger partial charge in [-0.25, -0.2) is 4.98 Å². The third-order valence-electron chi connectivity index (χ3n) is 4.38. The van der Waals surface area contributed by atoms with Gasteiger partial charge >= 0.3 is 0 Å². The fraction of sp³-hybridized carbons (Fsp3) is 0.625. The minimum atomic E-state index is -0.155. The van der Waals surface area contributed by atoms with Crippen molar-refractivity contribution in [2.75, 3.05) is 40.0 Å². The number of hydrogen-bond acceptors (Lipinski definition) is 5. The Morgan fingerprint density at radius 2 is 2.23 bits per heavy atom. The van der Waals surface area contributed by atoms with Crippen molar-refractivity contribution in [3.63, 3.8) is 0 Å². The van der Waals surface area contributed by atoms with Crippen LogP contribution in [0.1, 0.15) is 30.6 Å². The summed E-state index contributed by atoms with van der Waals surface area (Å²) in [6.07, 6.45) is 2.57. The number of rotatable bonds is 6. The van der Waals surface area contributed by atoms with Gasteiger partial charge in [0.2, 0.25) is 5.88 Å². The second-order valence-corrected chi connectivity index (χ2v) is 5.69. The van der Waals surface area contributed by atoms with Crippen molar-refractivity contribution in [3.05, 3.63) is 23.9 Å². The number of nitrogens with zero attached hydrogens (tertiary/aromatic N) is 2. The van der Waals surface area contributed by atoms with E-state index in [1.165, 1.54) is 7.11 Å². The van der Waals surface area contributed by atoms with E-state index in [4.69, 9.17) is 9.47 Å². The van der Waals surface area contributed by atoms with Crippen molar-refractivity contribution >= 4 is 5.91 Å². The Kier molecular flexibility index (Phi) is 5.74. The Hall–Kier alpha value is -1.66. The van der Waals surface area contributed by atoms with Crippen LogP contribution in [-0.2, 0) is 4.74 Å². The molecule has 1 fully saturated rings. The number of aromatic nitrogens is 1. The zero-order valence-electron chi connectivity index (χ0n) is 13.6. The van der Waals surface area contributed by atoms with E-state index in [1.54, 1.807) is 18.3 Å². The van der Waals surface area contributed by atoms with E-state index >= 15 is 0 Å². The first-order valence-electron chi connectivity index (χ1n) is 7.70. The molecule has 0 saturated carbocycles. The van der Waals surface area contributed by atoms with Crippen LogP contribution in [0.3, 0.4) is 0 Å². The maximum Gasteiger partial charge on any atom is 0.256 e. The van der Waals surface area contributed by atoms with Gasteiger partial charge in [-0.3, -0.25) is 9.69 Å². The van der Waals surface area contributed by atoms with Crippen molar-refractivity contribution in [2.45, 2.75) is 25.8 Å². The van der Waals surface area contributed by atoms with Crippen molar-refractivity contribution in [3.8, 4) is 5.88 Å². The molecule has 2 rings (SSSR count). The average Bonchev–Trinajstić information content (AvgIpc) is 2.60. The summed E-state index contributed by atoms with van der Waals surface area (Å²) in [6, 6.07) is 3.46. The third kappa shape index (κ3) is 3.75. The largest absolute Gasteiger partial charge is 0.480 e. The van der Waals surface area contributed by atoms with E-state index in [0.717, 1.165) is 32.7 Å². The fourth-order valence-electron chi connectivity index (χ4n) is 2.66. The summed E-state index contributed by atoms with van der Waals surface area (Å²) in [5, 5.41) is 3.02. The van der Waals surface area contributed by atoms with E-state index in [0.29, 0.717) is 18.0 Å². The molecule has 122 valence electrons. The van der Waals surface area contributed by atoms with Gasteiger partial charge in [0, 0.05) is 31.4 Å². The lowest BCUT2D eigenvalue weighted by molar-refractivity contribution is -0.0169. The molecule has 1 aliphatic heterocycles. The molecular weight excluding hydrogens is 282 g/mol. The summed E-state index contributed by atoms with van der Waals surface area (Å²) in [6.45, 7) is 8.21. The molecule has 1 saturated heterocycles. The number of carbonyl (C=O) groups is 1. The van der Waals surface area contributed by atoms with Crippen LogP contribution < -0.4 is 10.1 Å². The number of carbonyl (C=O) groups excluding carboxylic acids is 1. The van der Waals surface area contributed by atoms with Crippen molar-refractivity contribution in [1.82, 2.24) is 15.2 Å². The Bertz CT molecular complexity index is 503. The SMILES string of the molecule is CCC(C)(CNC(=O)c1cccnc1OC)N1CCOCC1. The lowest BCUT2D eigenvalue weighted by Crippen LogP contribution is -2.56.